The minimum absolute atomic E-state index is 0.348. The lowest BCUT2D eigenvalue weighted by Crippen LogP contribution is -2.39. The van der Waals surface area contributed by atoms with Crippen LogP contribution in [0.25, 0.3) is 0 Å². The number of hydrogen-bond donors (Lipinski definition) is 1. The highest BCUT2D eigenvalue weighted by atomic mass is 15.2. The SMILES string of the molecule is CC1CCN([C@@H](CN)c2cccnc2)CC1. The molecule has 0 bridgehead atoms. The van der Waals surface area contributed by atoms with Gasteiger partial charge in [0.25, 0.3) is 0 Å². The monoisotopic (exact) mass is 219 g/mol. The van der Waals surface area contributed by atoms with E-state index in [1.54, 1.807) is 0 Å². The summed E-state index contributed by atoms with van der Waals surface area (Å²) in [5.74, 6) is 0.864. The molecule has 0 radical (unpaired) electrons. The molecule has 1 atom stereocenters. The van der Waals surface area contributed by atoms with Gasteiger partial charge in [0.05, 0.1) is 0 Å². The van der Waals surface area contributed by atoms with E-state index >= 15 is 0 Å². The maximum Gasteiger partial charge on any atom is 0.0485 e. The zero-order valence-electron chi connectivity index (χ0n) is 9.97. The highest BCUT2D eigenvalue weighted by Gasteiger charge is 2.23. The zero-order valence-corrected chi connectivity index (χ0v) is 9.97. The summed E-state index contributed by atoms with van der Waals surface area (Å²) < 4.78 is 0. The molecule has 1 fully saturated rings. The van der Waals surface area contributed by atoms with E-state index in [4.69, 9.17) is 5.73 Å². The number of rotatable bonds is 3. The predicted molar refractivity (Wildman–Crippen MR) is 66.0 cm³/mol. The van der Waals surface area contributed by atoms with Gasteiger partial charge in [-0.25, -0.2) is 0 Å². The van der Waals surface area contributed by atoms with Gasteiger partial charge in [-0.15, -0.1) is 0 Å². The number of nitrogens with two attached hydrogens (primary N) is 1. The normalized spacial score (nSPS) is 20.9. The highest BCUT2D eigenvalue weighted by Crippen LogP contribution is 2.25. The van der Waals surface area contributed by atoms with Crippen molar-refractivity contribution >= 4 is 0 Å². The van der Waals surface area contributed by atoms with Gasteiger partial charge in [0, 0.05) is 25.0 Å². The van der Waals surface area contributed by atoms with Crippen molar-refractivity contribution in [3.8, 4) is 0 Å². The molecule has 1 aromatic heterocycles. The van der Waals surface area contributed by atoms with Crippen LogP contribution in [0.4, 0.5) is 0 Å². The molecule has 2 heterocycles. The van der Waals surface area contributed by atoms with Crippen LogP contribution < -0.4 is 5.73 Å². The summed E-state index contributed by atoms with van der Waals surface area (Å²) in [6, 6.07) is 4.47. The van der Waals surface area contributed by atoms with Crippen molar-refractivity contribution in [2.24, 2.45) is 11.7 Å². The van der Waals surface area contributed by atoms with Gasteiger partial charge in [-0.1, -0.05) is 13.0 Å². The van der Waals surface area contributed by atoms with Gasteiger partial charge in [0.15, 0.2) is 0 Å². The third-order valence-electron chi connectivity index (χ3n) is 3.55. The van der Waals surface area contributed by atoms with Crippen LogP contribution in [0.3, 0.4) is 0 Å². The van der Waals surface area contributed by atoms with Crippen molar-refractivity contribution in [3.63, 3.8) is 0 Å². The van der Waals surface area contributed by atoms with E-state index in [1.807, 2.05) is 18.5 Å². The lowest BCUT2D eigenvalue weighted by molar-refractivity contribution is 0.141. The Morgan fingerprint density at radius 3 is 2.81 bits per heavy atom. The first-order valence-corrected chi connectivity index (χ1v) is 6.15. The van der Waals surface area contributed by atoms with Gasteiger partial charge in [-0.2, -0.15) is 0 Å². The van der Waals surface area contributed by atoms with E-state index in [2.05, 4.69) is 22.9 Å². The topological polar surface area (TPSA) is 42.1 Å². The smallest absolute Gasteiger partial charge is 0.0485 e. The molecule has 2 rings (SSSR count). The van der Waals surface area contributed by atoms with Crippen LogP contribution >= 0.6 is 0 Å². The van der Waals surface area contributed by atoms with Crippen LogP contribution in [0.2, 0.25) is 0 Å². The van der Waals surface area contributed by atoms with Crippen molar-refractivity contribution in [3.05, 3.63) is 30.1 Å². The predicted octanol–water partition coefficient (Wildman–Crippen LogP) is 1.81. The molecule has 0 spiro atoms. The lowest BCUT2D eigenvalue weighted by atomic mass is 9.96. The number of aromatic nitrogens is 1. The van der Waals surface area contributed by atoms with Crippen LogP contribution in [0.5, 0.6) is 0 Å². The van der Waals surface area contributed by atoms with E-state index in [1.165, 1.54) is 18.4 Å². The second kappa shape index (κ2) is 5.41. The van der Waals surface area contributed by atoms with E-state index in [0.717, 1.165) is 19.0 Å². The van der Waals surface area contributed by atoms with Crippen molar-refractivity contribution in [1.29, 1.82) is 0 Å². The first-order chi connectivity index (χ1) is 7.81. The third kappa shape index (κ3) is 2.60. The Labute approximate surface area is 97.7 Å². The summed E-state index contributed by atoms with van der Waals surface area (Å²) in [7, 11) is 0. The van der Waals surface area contributed by atoms with Crippen LogP contribution in [0, 0.1) is 5.92 Å². The fraction of sp³-hybridized carbons (Fsp3) is 0.615. The molecule has 0 aliphatic carbocycles. The molecule has 3 nitrogen and oxygen atoms in total. The van der Waals surface area contributed by atoms with E-state index in [-0.39, 0.29) is 0 Å². The molecule has 1 aromatic rings. The third-order valence-corrected chi connectivity index (χ3v) is 3.55. The Morgan fingerprint density at radius 1 is 1.50 bits per heavy atom. The second-order valence-electron chi connectivity index (χ2n) is 4.76. The van der Waals surface area contributed by atoms with Crippen LogP contribution in [0.15, 0.2) is 24.5 Å². The Balaban J connectivity index is 2.05. The van der Waals surface area contributed by atoms with Gasteiger partial charge >= 0.3 is 0 Å². The molecule has 0 amide bonds. The summed E-state index contributed by atoms with van der Waals surface area (Å²) in [5.41, 5.74) is 7.15. The fourth-order valence-corrected chi connectivity index (χ4v) is 2.41. The quantitative estimate of drug-likeness (QED) is 0.843. The number of likely N-dealkylation sites (tertiary alicyclic amines) is 1. The van der Waals surface area contributed by atoms with Crippen LogP contribution in [0.1, 0.15) is 31.4 Å². The zero-order chi connectivity index (χ0) is 11.4. The molecule has 16 heavy (non-hydrogen) atoms. The Morgan fingerprint density at radius 2 is 2.25 bits per heavy atom. The minimum atomic E-state index is 0.348. The number of hydrogen-bond acceptors (Lipinski definition) is 3. The molecule has 1 aliphatic heterocycles. The van der Waals surface area contributed by atoms with Gasteiger partial charge in [-0.05, 0) is 43.5 Å². The number of piperidine rings is 1. The number of pyridine rings is 1. The van der Waals surface area contributed by atoms with Crippen molar-refractivity contribution in [2.75, 3.05) is 19.6 Å². The molecule has 0 aromatic carbocycles. The van der Waals surface area contributed by atoms with E-state index in [0.29, 0.717) is 12.6 Å². The Kier molecular flexibility index (Phi) is 3.91. The molecule has 1 saturated heterocycles. The summed E-state index contributed by atoms with van der Waals surface area (Å²) in [6.07, 6.45) is 6.33. The molecular weight excluding hydrogens is 198 g/mol. The summed E-state index contributed by atoms with van der Waals surface area (Å²) in [4.78, 5) is 6.68. The van der Waals surface area contributed by atoms with Gasteiger partial charge in [-0.3, -0.25) is 9.88 Å². The van der Waals surface area contributed by atoms with Crippen LogP contribution in [-0.4, -0.2) is 29.5 Å². The molecule has 0 unspecified atom stereocenters. The molecule has 3 heteroatoms. The molecular formula is C13H21N3. The first-order valence-electron chi connectivity index (χ1n) is 6.15. The average Bonchev–Trinajstić information content (AvgIpc) is 2.34. The van der Waals surface area contributed by atoms with Crippen molar-refractivity contribution in [1.82, 2.24) is 9.88 Å². The van der Waals surface area contributed by atoms with Crippen LogP contribution in [-0.2, 0) is 0 Å². The minimum Gasteiger partial charge on any atom is -0.329 e. The molecule has 88 valence electrons. The number of nitrogens with zero attached hydrogens (tertiary/aromatic N) is 2. The summed E-state index contributed by atoms with van der Waals surface area (Å²) in [6.45, 7) is 5.34. The lowest BCUT2D eigenvalue weighted by Gasteiger charge is -2.36. The summed E-state index contributed by atoms with van der Waals surface area (Å²) in [5, 5.41) is 0. The maximum absolute atomic E-state index is 5.90. The highest BCUT2D eigenvalue weighted by molar-refractivity contribution is 5.14. The Hall–Kier alpha value is -0.930. The van der Waals surface area contributed by atoms with Gasteiger partial charge in [0.2, 0.25) is 0 Å². The first kappa shape index (κ1) is 11.6. The standard InChI is InChI=1S/C13H21N3/c1-11-4-7-16(8-5-11)13(9-14)12-3-2-6-15-10-12/h2-3,6,10-11,13H,4-5,7-9,14H2,1H3/t13-/m0/s1. The second-order valence-corrected chi connectivity index (χ2v) is 4.76. The largest absolute Gasteiger partial charge is 0.329 e. The molecule has 1 aliphatic rings. The molecule has 0 saturated carbocycles. The van der Waals surface area contributed by atoms with Crippen molar-refractivity contribution < 1.29 is 0 Å². The van der Waals surface area contributed by atoms with E-state index < -0.39 is 0 Å². The Bertz CT molecular complexity index is 304. The van der Waals surface area contributed by atoms with Gasteiger partial charge in [0.1, 0.15) is 0 Å². The van der Waals surface area contributed by atoms with Crippen molar-refractivity contribution in [2.45, 2.75) is 25.8 Å². The summed E-state index contributed by atoms with van der Waals surface area (Å²) >= 11 is 0. The maximum atomic E-state index is 5.90. The fourth-order valence-electron chi connectivity index (χ4n) is 2.41. The molecule has 2 N–H and O–H groups in total. The van der Waals surface area contributed by atoms with Gasteiger partial charge < -0.3 is 5.73 Å². The van der Waals surface area contributed by atoms with E-state index in [9.17, 15) is 0 Å². The average molecular weight is 219 g/mol.